The summed E-state index contributed by atoms with van der Waals surface area (Å²) >= 11 is 5.98. The molecule has 3 rings (SSSR count). The van der Waals surface area contributed by atoms with E-state index >= 15 is 0 Å². The lowest BCUT2D eigenvalue weighted by atomic mass is 10.1. The number of nitrogens with zero attached hydrogens (tertiary/aromatic N) is 1. The van der Waals surface area contributed by atoms with E-state index in [1.54, 1.807) is 0 Å². The Morgan fingerprint density at radius 2 is 1.78 bits per heavy atom. The normalized spacial score (nSPS) is 15.1. The minimum absolute atomic E-state index is 0.0345. The van der Waals surface area contributed by atoms with Crippen LogP contribution in [0.1, 0.15) is 33.6 Å². The van der Waals surface area contributed by atoms with Crippen molar-refractivity contribution >= 4 is 40.7 Å². The van der Waals surface area contributed by atoms with Crippen LogP contribution in [0.15, 0.2) is 42.5 Å². The smallest absolute Gasteiger partial charge is 0.270 e. The molecule has 1 unspecified atom stereocenters. The Labute approximate surface area is 188 Å². The van der Waals surface area contributed by atoms with Gasteiger partial charge in [0.05, 0.1) is 15.5 Å². The fraction of sp³-hybridized carbons (Fsp3) is 0.286. The van der Waals surface area contributed by atoms with Crippen molar-refractivity contribution in [1.82, 2.24) is 10.6 Å². The van der Waals surface area contributed by atoms with Crippen molar-refractivity contribution in [3.8, 4) is 0 Å². The summed E-state index contributed by atoms with van der Waals surface area (Å²) in [5, 5.41) is 19.0. The van der Waals surface area contributed by atoms with Crippen molar-refractivity contribution in [3.63, 3.8) is 0 Å². The second kappa shape index (κ2) is 10.7. The molecule has 1 aliphatic rings. The second-order valence-electron chi connectivity index (χ2n) is 7.00. The van der Waals surface area contributed by atoms with Crippen LogP contribution in [-0.2, 0) is 9.53 Å². The minimum Gasteiger partial charge on any atom is -0.368 e. The number of nitro groups is 1. The average Bonchev–Trinajstić information content (AvgIpc) is 3.32. The molecule has 0 spiro atoms. The quantitative estimate of drug-likeness (QED) is 0.314. The van der Waals surface area contributed by atoms with E-state index in [0.29, 0.717) is 24.3 Å². The van der Waals surface area contributed by atoms with Crippen molar-refractivity contribution in [2.75, 3.05) is 25.0 Å². The standard InChI is InChI=1S/C21H21ClN4O6/c22-17-8-7-15(26(30)31)12-16(17)20(28)25-14-5-3-13(4-6-14)19(27)23-9-10-24-21(29)18-2-1-11-32-18/h3-8,12,18H,1-2,9-11H2,(H,23,27)(H,24,29)(H,25,28). The van der Waals surface area contributed by atoms with Gasteiger partial charge in [-0.25, -0.2) is 0 Å². The Bertz CT molecular complexity index is 1020. The summed E-state index contributed by atoms with van der Waals surface area (Å²) in [6.45, 7) is 1.12. The fourth-order valence-electron chi connectivity index (χ4n) is 3.07. The zero-order valence-corrected chi connectivity index (χ0v) is 17.7. The first-order chi connectivity index (χ1) is 15.3. The third-order valence-electron chi connectivity index (χ3n) is 4.74. The average molecular weight is 461 g/mol. The lowest BCUT2D eigenvalue weighted by Gasteiger charge is -2.11. The van der Waals surface area contributed by atoms with Crippen LogP contribution in [0.5, 0.6) is 0 Å². The van der Waals surface area contributed by atoms with Crippen molar-refractivity contribution in [2.24, 2.45) is 0 Å². The number of hydrogen-bond donors (Lipinski definition) is 3. The van der Waals surface area contributed by atoms with E-state index < -0.39 is 16.9 Å². The zero-order valence-electron chi connectivity index (χ0n) is 16.9. The van der Waals surface area contributed by atoms with Crippen molar-refractivity contribution < 1.29 is 24.0 Å². The van der Waals surface area contributed by atoms with Gasteiger partial charge in [-0.2, -0.15) is 0 Å². The first-order valence-electron chi connectivity index (χ1n) is 9.88. The maximum absolute atomic E-state index is 12.4. The lowest BCUT2D eigenvalue weighted by Crippen LogP contribution is -2.39. The molecule has 1 aliphatic heterocycles. The molecule has 10 nitrogen and oxygen atoms in total. The first-order valence-corrected chi connectivity index (χ1v) is 10.3. The number of amides is 3. The van der Waals surface area contributed by atoms with Gasteiger partial charge in [0.25, 0.3) is 17.5 Å². The number of nitrogens with one attached hydrogen (secondary N) is 3. The Hall–Kier alpha value is -3.50. The van der Waals surface area contributed by atoms with Crippen LogP contribution in [0.4, 0.5) is 11.4 Å². The molecule has 2 aromatic rings. The summed E-state index contributed by atoms with van der Waals surface area (Å²) in [5.41, 5.74) is 0.464. The van der Waals surface area contributed by atoms with Crippen molar-refractivity contribution in [2.45, 2.75) is 18.9 Å². The Kier molecular flexibility index (Phi) is 7.74. The van der Waals surface area contributed by atoms with Crippen LogP contribution in [0.25, 0.3) is 0 Å². The topological polar surface area (TPSA) is 140 Å². The highest BCUT2D eigenvalue weighted by molar-refractivity contribution is 6.34. The molecular formula is C21H21ClN4O6. The molecule has 1 saturated heterocycles. The van der Waals surface area contributed by atoms with Crippen LogP contribution in [0, 0.1) is 10.1 Å². The molecular weight excluding hydrogens is 440 g/mol. The van der Waals surface area contributed by atoms with Crippen LogP contribution in [-0.4, -0.2) is 48.4 Å². The maximum atomic E-state index is 12.4. The zero-order chi connectivity index (χ0) is 23.1. The van der Waals surface area contributed by atoms with Gasteiger partial charge in [-0.1, -0.05) is 11.6 Å². The highest BCUT2D eigenvalue weighted by Crippen LogP contribution is 2.23. The predicted molar refractivity (Wildman–Crippen MR) is 117 cm³/mol. The van der Waals surface area contributed by atoms with Crippen molar-refractivity contribution in [1.29, 1.82) is 0 Å². The molecule has 1 heterocycles. The number of rotatable bonds is 8. The monoisotopic (exact) mass is 460 g/mol. The molecule has 32 heavy (non-hydrogen) atoms. The number of carbonyl (C=O) groups is 3. The second-order valence-corrected chi connectivity index (χ2v) is 7.41. The highest BCUT2D eigenvalue weighted by atomic mass is 35.5. The fourth-order valence-corrected chi connectivity index (χ4v) is 3.27. The summed E-state index contributed by atoms with van der Waals surface area (Å²) in [4.78, 5) is 46.8. The molecule has 0 bridgehead atoms. The molecule has 3 N–H and O–H groups in total. The SMILES string of the molecule is O=C(NCCNC(=O)C1CCCO1)c1ccc(NC(=O)c2cc([N+](=O)[O-])ccc2Cl)cc1. The third kappa shape index (κ3) is 6.02. The maximum Gasteiger partial charge on any atom is 0.270 e. The Balaban J connectivity index is 1.49. The van der Waals surface area contributed by atoms with Gasteiger partial charge < -0.3 is 20.7 Å². The van der Waals surface area contributed by atoms with Gasteiger partial charge >= 0.3 is 0 Å². The van der Waals surface area contributed by atoms with E-state index in [2.05, 4.69) is 16.0 Å². The number of non-ortho nitro benzene ring substituents is 1. The number of ether oxygens (including phenoxy) is 1. The van der Waals surface area contributed by atoms with Gasteiger partial charge in [-0.3, -0.25) is 24.5 Å². The Morgan fingerprint density at radius 1 is 1.06 bits per heavy atom. The van der Waals surface area contributed by atoms with Gasteiger partial charge in [0, 0.05) is 43.1 Å². The van der Waals surface area contributed by atoms with Gasteiger partial charge in [0.1, 0.15) is 6.10 Å². The number of halogens is 1. The van der Waals surface area contributed by atoms with E-state index in [4.69, 9.17) is 16.3 Å². The van der Waals surface area contributed by atoms with E-state index in [1.165, 1.54) is 36.4 Å². The Morgan fingerprint density at radius 3 is 2.44 bits per heavy atom. The van der Waals surface area contributed by atoms with E-state index in [1.807, 2.05) is 0 Å². The number of hydrogen-bond acceptors (Lipinski definition) is 6. The van der Waals surface area contributed by atoms with E-state index in [0.717, 1.165) is 12.5 Å². The number of benzene rings is 2. The highest BCUT2D eigenvalue weighted by Gasteiger charge is 2.23. The number of anilines is 1. The van der Waals surface area contributed by atoms with Crippen molar-refractivity contribution in [3.05, 3.63) is 68.7 Å². The molecule has 0 aliphatic carbocycles. The van der Waals surface area contributed by atoms with E-state index in [9.17, 15) is 24.5 Å². The molecule has 2 aromatic carbocycles. The molecule has 0 aromatic heterocycles. The van der Waals surface area contributed by atoms with Gasteiger partial charge in [-0.15, -0.1) is 0 Å². The van der Waals surface area contributed by atoms with Gasteiger partial charge in [0.15, 0.2) is 0 Å². The van der Waals surface area contributed by atoms with Crippen LogP contribution >= 0.6 is 11.6 Å². The third-order valence-corrected chi connectivity index (χ3v) is 5.07. The summed E-state index contributed by atoms with van der Waals surface area (Å²) in [7, 11) is 0. The molecule has 168 valence electrons. The molecule has 3 amide bonds. The molecule has 1 atom stereocenters. The first kappa shape index (κ1) is 23.2. The van der Waals surface area contributed by atoms with E-state index in [-0.39, 0.29) is 41.2 Å². The van der Waals surface area contributed by atoms with Crippen LogP contribution in [0.2, 0.25) is 5.02 Å². The summed E-state index contributed by atoms with van der Waals surface area (Å²) in [5.74, 6) is -1.13. The summed E-state index contributed by atoms with van der Waals surface area (Å²) < 4.78 is 5.29. The number of carbonyl (C=O) groups excluding carboxylic acids is 3. The van der Waals surface area contributed by atoms with Gasteiger partial charge in [0.2, 0.25) is 5.91 Å². The predicted octanol–water partition coefficient (Wildman–Crippen LogP) is 2.53. The largest absolute Gasteiger partial charge is 0.368 e. The molecule has 1 fully saturated rings. The lowest BCUT2D eigenvalue weighted by molar-refractivity contribution is -0.384. The van der Waals surface area contributed by atoms with Gasteiger partial charge in [-0.05, 0) is 43.2 Å². The summed E-state index contributed by atoms with van der Waals surface area (Å²) in [6, 6.07) is 9.67. The molecule has 0 saturated carbocycles. The van der Waals surface area contributed by atoms with Crippen LogP contribution in [0.3, 0.4) is 0 Å². The minimum atomic E-state index is -0.617. The molecule has 11 heteroatoms. The van der Waals surface area contributed by atoms with Crippen LogP contribution < -0.4 is 16.0 Å². The summed E-state index contributed by atoms with van der Waals surface area (Å²) in [6.07, 6.45) is 1.16. The molecule has 0 radical (unpaired) electrons. The number of nitro benzene ring substituents is 1.